The molecule has 0 aliphatic heterocycles. The molecule has 27 heavy (non-hydrogen) atoms. The molecule has 8 heteroatoms. The highest BCUT2D eigenvalue weighted by Crippen LogP contribution is 2.21. The number of nitrogens with one attached hydrogen (secondary N) is 1. The Kier molecular flexibility index (Phi) is 7.67. The van der Waals surface area contributed by atoms with E-state index in [0.29, 0.717) is 12.3 Å². The number of halogens is 1. The minimum atomic E-state index is -3.59. The maximum Gasteiger partial charge on any atom is 0.240 e. The maximum absolute atomic E-state index is 12.2. The fraction of sp³-hybridized carbons (Fsp3) is 0.316. The van der Waals surface area contributed by atoms with Crippen LogP contribution in [0.15, 0.2) is 53.0 Å². The summed E-state index contributed by atoms with van der Waals surface area (Å²) in [6, 6.07) is 14.6. The molecule has 0 unspecified atom stereocenters. The van der Waals surface area contributed by atoms with Gasteiger partial charge in [-0.05, 0) is 42.3 Å². The molecule has 0 aliphatic rings. The van der Waals surface area contributed by atoms with Crippen LogP contribution in [0.25, 0.3) is 0 Å². The zero-order valence-corrected chi connectivity index (χ0v) is 17.7. The van der Waals surface area contributed by atoms with Crippen molar-refractivity contribution >= 4 is 37.5 Å². The summed E-state index contributed by atoms with van der Waals surface area (Å²) in [5.74, 6) is 0.332. The molecule has 1 amide bonds. The van der Waals surface area contributed by atoms with E-state index >= 15 is 0 Å². The number of amides is 1. The Balaban J connectivity index is 1.86. The van der Waals surface area contributed by atoms with E-state index in [9.17, 15) is 13.2 Å². The molecule has 0 spiro atoms. The molecule has 2 aromatic carbocycles. The zero-order chi connectivity index (χ0) is 19.9. The van der Waals surface area contributed by atoms with Gasteiger partial charge in [0.25, 0.3) is 0 Å². The van der Waals surface area contributed by atoms with Gasteiger partial charge in [-0.2, -0.15) is 0 Å². The van der Waals surface area contributed by atoms with Crippen molar-refractivity contribution in [1.29, 1.82) is 0 Å². The van der Waals surface area contributed by atoms with Crippen LogP contribution in [0.4, 0.5) is 5.69 Å². The Morgan fingerprint density at radius 1 is 1.19 bits per heavy atom. The molecular weight excluding hydrogens is 432 g/mol. The van der Waals surface area contributed by atoms with Gasteiger partial charge in [-0.15, -0.1) is 0 Å². The second-order valence-electron chi connectivity index (χ2n) is 5.95. The number of benzene rings is 2. The van der Waals surface area contributed by atoms with Crippen molar-refractivity contribution in [3.8, 4) is 5.75 Å². The molecule has 0 saturated carbocycles. The van der Waals surface area contributed by atoms with E-state index in [1.54, 1.807) is 24.3 Å². The van der Waals surface area contributed by atoms with E-state index < -0.39 is 15.9 Å². The molecule has 0 bridgehead atoms. The van der Waals surface area contributed by atoms with E-state index in [0.717, 1.165) is 27.2 Å². The third kappa shape index (κ3) is 6.88. The first-order valence-electron chi connectivity index (χ1n) is 8.51. The van der Waals surface area contributed by atoms with Crippen molar-refractivity contribution in [2.75, 3.05) is 30.3 Å². The summed E-state index contributed by atoms with van der Waals surface area (Å²) in [5, 5.41) is 2.68. The SMILES string of the molecule is CCc1ccc(OCCNC(=O)CN(c2cccc(Br)c2)S(C)(=O)=O)cc1. The first-order chi connectivity index (χ1) is 12.8. The molecule has 2 rings (SSSR count). The van der Waals surface area contributed by atoms with Crippen LogP contribution >= 0.6 is 15.9 Å². The molecule has 0 saturated heterocycles. The van der Waals surface area contributed by atoms with Crippen LogP contribution in [0.1, 0.15) is 12.5 Å². The van der Waals surface area contributed by atoms with Crippen molar-refractivity contribution in [2.45, 2.75) is 13.3 Å². The maximum atomic E-state index is 12.2. The molecule has 0 radical (unpaired) electrons. The molecule has 0 fully saturated rings. The number of rotatable bonds is 9. The summed E-state index contributed by atoms with van der Waals surface area (Å²) in [6.07, 6.45) is 2.04. The minimum absolute atomic E-state index is 0.282. The van der Waals surface area contributed by atoms with Crippen molar-refractivity contribution < 1.29 is 17.9 Å². The van der Waals surface area contributed by atoms with Crippen LogP contribution in [0.2, 0.25) is 0 Å². The highest BCUT2D eigenvalue weighted by molar-refractivity contribution is 9.10. The normalized spacial score (nSPS) is 11.1. The number of nitrogens with zero attached hydrogens (tertiary/aromatic N) is 1. The van der Waals surface area contributed by atoms with Crippen LogP contribution in [0, 0.1) is 0 Å². The monoisotopic (exact) mass is 454 g/mol. The fourth-order valence-electron chi connectivity index (χ4n) is 2.40. The zero-order valence-electron chi connectivity index (χ0n) is 15.3. The lowest BCUT2D eigenvalue weighted by molar-refractivity contribution is -0.119. The van der Waals surface area contributed by atoms with Crippen molar-refractivity contribution in [2.24, 2.45) is 0 Å². The summed E-state index contributed by atoms with van der Waals surface area (Å²) in [6.45, 7) is 2.37. The lowest BCUT2D eigenvalue weighted by Gasteiger charge is -2.22. The van der Waals surface area contributed by atoms with Gasteiger partial charge in [-0.1, -0.05) is 41.1 Å². The lowest BCUT2D eigenvalue weighted by atomic mass is 10.2. The van der Waals surface area contributed by atoms with Gasteiger partial charge in [-0.25, -0.2) is 8.42 Å². The van der Waals surface area contributed by atoms with E-state index in [2.05, 4.69) is 28.2 Å². The molecule has 0 atom stereocenters. The van der Waals surface area contributed by atoms with Crippen LogP contribution < -0.4 is 14.4 Å². The number of ether oxygens (including phenoxy) is 1. The number of aryl methyl sites for hydroxylation is 1. The van der Waals surface area contributed by atoms with Gasteiger partial charge in [0.2, 0.25) is 15.9 Å². The van der Waals surface area contributed by atoms with Crippen molar-refractivity contribution in [3.05, 3.63) is 58.6 Å². The van der Waals surface area contributed by atoms with Crippen LogP contribution in [0.5, 0.6) is 5.75 Å². The van der Waals surface area contributed by atoms with Crippen LogP contribution in [0.3, 0.4) is 0 Å². The van der Waals surface area contributed by atoms with Crippen molar-refractivity contribution in [3.63, 3.8) is 0 Å². The Bertz CT molecular complexity index is 870. The predicted octanol–water partition coefficient (Wildman–Crippen LogP) is 2.97. The van der Waals surface area contributed by atoms with Gasteiger partial charge in [0, 0.05) is 4.47 Å². The Morgan fingerprint density at radius 2 is 1.89 bits per heavy atom. The van der Waals surface area contributed by atoms with Gasteiger partial charge >= 0.3 is 0 Å². The summed E-state index contributed by atoms with van der Waals surface area (Å²) >= 11 is 3.31. The van der Waals surface area contributed by atoms with E-state index in [1.165, 1.54) is 5.56 Å². The fourth-order valence-corrected chi connectivity index (χ4v) is 3.63. The second kappa shape index (κ2) is 9.75. The summed E-state index contributed by atoms with van der Waals surface area (Å²) < 4.78 is 31.5. The Labute approximate surface area is 168 Å². The second-order valence-corrected chi connectivity index (χ2v) is 8.77. The number of hydrogen-bond acceptors (Lipinski definition) is 4. The van der Waals surface area contributed by atoms with Gasteiger partial charge in [-0.3, -0.25) is 9.10 Å². The topological polar surface area (TPSA) is 75.7 Å². The molecule has 2 aromatic rings. The first kappa shape index (κ1) is 21.2. The molecule has 1 N–H and O–H groups in total. The van der Waals surface area contributed by atoms with Gasteiger partial charge in [0.05, 0.1) is 18.5 Å². The van der Waals surface area contributed by atoms with E-state index in [4.69, 9.17) is 4.74 Å². The molecule has 0 aliphatic carbocycles. The highest BCUT2D eigenvalue weighted by atomic mass is 79.9. The number of hydrogen-bond donors (Lipinski definition) is 1. The van der Waals surface area contributed by atoms with Gasteiger partial charge in [0.15, 0.2) is 0 Å². The molecule has 6 nitrogen and oxygen atoms in total. The number of carbonyl (C=O) groups excluding carboxylic acids is 1. The average molecular weight is 455 g/mol. The summed E-state index contributed by atoms with van der Waals surface area (Å²) in [4.78, 5) is 12.2. The molecular formula is C19H23BrN2O4S. The number of sulfonamides is 1. The predicted molar refractivity (Wildman–Crippen MR) is 111 cm³/mol. The third-order valence-corrected chi connectivity index (χ3v) is 5.44. The highest BCUT2D eigenvalue weighted by Gasteiger charge is 2.20. The molecule has 0 heterocycles. The van der Waals surface area contributed by atoms with Crippen LogP contribution in [-0.2, 0) is 21.2 Å². The summed E-state index contributed by atoms with van der Waals surface area (Å²) in [5.41, 5.74) is 1.65. The Morgan fingerprint density at radius 3 is 2.48 bits per heavy atom. The first-order valence-corrected chi connectivity index (χ1v) is 11.2. The number of anilines is 1. The van der Waals surface area contributed by atoms with E-state index in [-0.39, 0.29) is 13.1 Å². The molecule has 146 valence electrons. The average Bonchev–Trinajstić information content (AvgIpc) is 2.63. The van der Waals surface area contributed by atoms with Gasteiger partial charge < -0.3 is 10.1 Å². The Hall–Kier alpha value is -2.06. The quantitative estimate of drug-likeness (QED) is 0.590. The van der Waals surface area contributed by atoms with Gasteiger partial charge in [0.1, 0.15) is 18.9 Å². The standard InChI is InChI=1S/C19H23BrN2O4S/c1-3-15-7-9-18(10-8-15)26-12-11-21-19(23)14-22(27(2,24)25)17-6-4-5-16(20)13-17/h4-10,13H,3,11-12,14H2,1-2H3,(H,21,23). The van der Waals surface area contributed by atoms with Crippen molar-refractivity contribution in [1.82, 2.24) is 5.32 Å². The smallest absolute Gasteiger partial charge is 0.240 e. The molecule has 0 aromatic heterocycles. The lowest BCUT2D eigenvalue weighted by Crippen LogP contribution is -2.41. The minimum Gasteiger partial charge on any atom is -0.492 e. The number of carbonyl (C=O) groups is 1. The summed E-state index contributed by atoms with van der Waals surface area (Å²) in [7, 11) is -3.59. The van der Waals surface area contributed by atoms with E-state index in [1.807, 2.05) is 24.3 Å². The largest absolute Gasteiger partial charge is 0.492 e. The third-order valence-electron chi connectivity index (χ3n) is 3.81. The van der Waals surface area contributed by atoms with Crippen LogP contribution in [-0.4, -0.2) is 40.3 Å².